The van der Waals surface area contributed by atoms with Crippen molar-refractivity contribution in [2.75, 3.05) is 16.4 Å². The van der Waals surface area contributed by atoms with Crippen LogP contribution in [-0.4, -0.2) is 14.9 Å². The van der Waals surface area contributed by atoms with Gasteiger partial charge in [0.1, 0.15) is 5.76 Å². The van der Waals surface area contributed by atoms with Gasteiger partial charge in [-0.1, -0.05) is 11.6 Å². The van der Waals surface area contributed by atoms with E-state index >= 15 is 0 Å². The summed E-state index contributed by atoms with van der Waals surface area (Å²) >= 11 is 5.84. The molecule has 0 aliphatic carbocycles. The molecule has 0 amide bonds. The minimum absolute atomic E-state index is 0.0261. The van der Waals surface area contributed by atoms with Gasteiger partial charge in [0.05, 0.1) is 17.7 Å². The topological polar surface area (TPSA) is 132 Å². The number of hydrogen-bond donors (Lipinski definition) is 3. The molecule has 0 saturated carbocycles. The number of nitrogens with one attached hydrogen (secondary N) is 2. The molecule has 0 aliphatic rings. The number of aromatic nitrogens is 2. The molecule has 2 aromatic heterocycles. The molecular weight excluding hydrogens is 348 g/mol. The summed E-state index contributed by atoms with van der Waals surface area (Å²) < 4.78 is 5.20. The molecule has 0 spiro atoms. The van der Waals surface area contributed by atoms with Crippen molar-refractivity contribution >= 4 is 40.6 Å². The van der Waals surface area contributed by atoms with Crippen LogP contribution in [0.15, 0.2) is 47.1 Å². The van der Waals surface area contributed by atoms with Crippen LogP contribution in [0, 0.1) is 10.1 Å². The van der Waals surface area contributed by atoms with Crippen molar-refractivity contribution in [2.24, 2.45) is 0 Å². The molecule has 0 saturated heterocycles. The Hall–Kier alpha value is -3.33. The predicted molar refractivity (Wildman–Crippen MR) is 93.9 cm³/mol. The zero-order valence-electron chi connectivity index (χ0n) is 12.8. The van der Waals surface area contributed by atoms with E-state index in [1.54, 1.807) is 36.4 Å². The second-order valence-corrected chi connectivity index (χ2v) is 5.39. The van der Waals surface area contributed by atoms with Crippen LogP contribution in [-0.2, 0) is 6.54 Å². The maximum Gasteiger partial charge on any atom is 0.353 e. The van der Waals surface area contributed by atoms with E-state index in [1.165, 1.54) is 6.26 Å². The molecule has 3 rings (SSSR count). The predicted octanol–water partition coefficient (Wildman–Crippen LogP) is 3.57. The van der Waals surface area contributed by atoms with Gasteiger partial charge in [-0.3, -0.25) is 10.1 Å². The maximum atomic E-state index is 11.3. The Bertz CT molecular complexity index is 883. The molecule has 0 aliphatic heterocycles. The smallest absolute Gasteiger partial charge is 0.353 e. The Morgan fingerprint density at radius 3 is 2.64 bits per heavy atom. The number of nitrogens with zero attached hydrogens (tertiary/aromatic N) is 3. The Balaban J connectivity index is 1.89. The van der Waals surface area contributed by atoms with Crippen molar-refractivity contribution in [2.45, 2.75) is 6.54 Å². The number of nitrogen functional groups attached to an aromatic ring is 1. The Labute approximate surface area is 147 Å². The fourth-order valence-electron chi connectivity index (χ4n) is 2.07. The van der Waals surface area contributed by atoms with Crippen LogP contribution in [0.3, 0.4) is 0 Å². The summed E-state index contributed by atoms with van der Waals surface area (Å²) in [6.07, 6.45) is 1.54. The molecule has 10 heteroatoms. The number of nitrogens with two attached hydrogens (primary N) is 1. The number of furan rings is 1. The minimum atomic E-state index is -0.635. The zero-order valence-corrected chi connectivity index (χ0v) is 13.5. The molecule has 0 radical (unpaired) electrons. The van der Waals surface area contributed by atoms with E-state index in [9.17, 15) is 10.1 Å². The largest absolute Gasteiger partial charge is 0.467 e. The lowest BCUT2D eigenvalue weighted by molar-refractivity contribution is -0.383. The highest BCUT2D eigenvalue weighted by Crippen LogP contribution is 2.31. The molecule has 0 unspecified atom stereocenters. The minimum Gasteiger partial charge on any atom is -0.467 e. The van der Waals surface area contributed by atoms with Gasteiger partial charge in [0, 0.05) is 10.7 Å². The highest BCUT2D eigenvalue weighted by molar-refractivity contribution is 6.30. The van der Waals surface area contributed by atoms with Crippen molar-refractivity contribution in [3.05, 3.63) is 63.6 Å². The molecular formula is C15H13ClN6O3. The first kappa shape index (κ1) is 16.5. The Kier molecular flexibility index (Phi) is 4.66. The SMILES string of the molecule is Nc1nc(NCc2ccco2)nc(Nc2ccc(Cl)cc2)c1[N+](=O)[O-]. The number of benzene rings is 1. The quantitative estimate of drug-likeness (QED) is 0.449. The second kappa shape index (κ2) is 7.05. The van der Waals surface area contributed by atoms with Gasteiger partial charge in [-0.2, -0.15) is 9.97 Å². The van der Waals surface area contributed by atoms with Gasteiger partial charge in [-0.15, -0.1) is 0 Å². The van der Waals surface area contributed by atoms with E-state index in [2.05, 4.69) is 20.6 Å². The summed E-state index contributed by atoms with van der Waals surface area (Å²) in [6, 6.07) is 10.2. The average molecular weight is 361 g/mol. The normalized spacial score (nSPS) is 10.4. The summed E-state index contributed by atoms with van der Waals surface area (Å²) in [7, 11) is 0. The third-order valence-corrected chi connectivity index (χ3v) is 3.45. The van der Waals surface area contributed by atoms with Crippen LogP contribution < -0.4 is 16.4 Å². The molecule has 128 valence electrons. The Morgan fingerprint density at radius 2 is 2.00 bits per heavy atom. The van der Waals surface area contributed by atoms with Crippen LogP contribution in [0.2, 0.25) is 5.02 Å². The standard InChI is InChI=1S/C15H13ClN6O3/c16-9-3-5-10(6-4-9)19-14-12(22(23)24)13(17)20-15(21-14)18-8-11-2-1-7-25-11/h1-7H,8H2,(H4,17,18,19,20,21). The second-order valence-electron chi connectivity index (χ2n) is 4.95. The summed E-state index contributed by atoms with van der Waals surface area (Å²) in [6.45, 7) is 0.310. The molecule has 0 atom stereocenters. The average Bonchev–Trinajstić information content (AvgIpc) is 3.08. The first-order valence-electron chi connectivity index (χ1n) is 7.13. The van der Waals surface area contributed by atoms with Gasteiger partial charge < -0.3 is 20.8 Å². The molecule has 2 heterocycles. The third kappa shape index (κ3) is 3.96. The van der Waals surface area contributed by atoms with Gasteiger partial charge in [0.2, 0.25) is 17.6 Å². The maximum absolute atomic E-state index is 11.3. The van der Waals surface area contributed by atoms with Gasteiger partial charge in [-0.05, 0) is 36.4 Å². The van der Waals surface area contributed by atoms with E-state index in [0.717, 1.165) is 0 Å². The lowest BCUT2D eigenvalue weighted by Crippen LogP contribution is -2.10. The molecule has 9 nitrogen and oxygen atoms in total. The van der Waals surface area contributed by atoms with Gasteiger partial charge in [-0.25, -0.2) is 0 Å². The van der Waals surface area contributed by atoms with E-state index < -0.39 is 10.6 Å². The number of anilines is 4. The van der Waals surface area contributed by atoms with E-state index in [-0.39, 0.29) is 17.6 Å². The molecule has 0 fully saturated rings. The highest BCUT2D eigenvalue weighted by Gasteiger charge is 2.23. The summed E-state index contributed by atoms with van der Waals surface area (Å²) in [5.41, 5.74) is 5.90. The van der Waals surface area contributed by atoms with Crippen molar-refractivity contribution in [3.63, 3.8) is 0 Å². The highest BCUT2D eigenvalue weighted by atomic mass is 35.5. The van der Waals surface area contributed by atoms with Gasteiger partial charge >= 0.3 is 5.69 Å². The number of hydrogen-bond acceptors (Lipinski definition) is 8. The number of nitro groups is 1. The van der Waals surface area contributed by atoms with Gasteiger partial charge in [0.15, 0.2) is 0 Å². The van der Waals surface area contributed by atoms with Crippen molar-refractivity contribution < 1.29 is 9.34 Å². The molecule has 0 bridgehead atoms. The van der Waals surface area contributed by atoms with Crippen LogP contribution >= 0.6 is 11.6 Å². The molecule has 25 heavy (non-hydrogen) atoms. The lowest BCUT2D eigenvalue weighted by Gasteiger charge is -2.10. The van der Waals surface area contributed by atoms with Crippen LogP contribution in [0.1, 0.15) is 5.76 Å². The molecule has 4 N–H and O–H groups in total. The monoisotopic (exact) mass is 360 g/mol. The lowest BCUT2D eigenvalue weighted by atomic mass is 10.3. The third-order valence-electron chi connectivity index (χ3n) is 3.20. The number of rotatable bonds is 6. The van der Waals surface area contributed by atoms with Crippen LogP contribution in [0.5, 0.6) is 0 Å². The van der Waals surface area contributed by atoms with Crippen molar-refractivity contribution in [3.8, 4) is 0 Å². The van der Waals surface area contributed by atoms with E-state index in [4.69, 9.17) is 21.8 Å². The fraction of sp³-hybridized carbons (Fsp3) is 0.0667. The first-order valence-corrected chi connectivity index (χ1v) is 7.51. The summed E-state index contributed by atoms with van der Waals surface area (Å²) in [4.78, 5) is 18.7. The molecule has 1 aromatic carbocycles. The first-order chi connectivity index (χ1) is 12.0. The Morgan fingerprint density at radius 1 is 1.24 bits per heavy atom. The molecule has 3 aromatic rings. The fourth-order valence-corrected chi connectivity index (χ4v) is 2.19. The van der Waals surface area contributed by atoms with Crippen LogP contribution in [0.4, 0.5) is 29.0 Å². The van der Waals surface area contributed by atoms with Gasteiger partial charge in [0.25, 0.3) is 0 Å². The van der Waals surface area contributed by atoms with E-state index in [0.29, 0.717) is 23.0 Å². The summed E-state index contributed by atoms with van der Waals surface area (Å²) in [5, 5.41) is 17.6. The summed E-state index contributed by atoms with van der Waals surface area (Å²) in [5.74, 6) is 0.517. The van der Waals surface area contributed by atoms with Crippen molar-refractivity contribution in [1.82, 2.24) is 9.97 Å². The van der Waals surface area contributed by atoms with Crippen molar-refractivity contribution in [1.29, 1.82) is 0 Å². The zero-order chi connectivity index (χ0) is 17.8. The van der Waals surface area contributed by atoms with E-state index in [1.807, 2.05) is 0 Å². The van der Waals surface area contributed by atoms with Crippen LogP contribution in [0.25, 0.3) is 0 Å². The number of halogens is 1.